The van der Waals surface area contributed by atoms with E-state index in [4.69, 9.17) is 23.7 Å². The van der Waals surface area contributed by atoms with E-state index in [-0.39, 0.29) is 30.4 Å². The van der Waals surface area contributed by atoms with E-state index in [1.54, 1.807) is 12.1 Å². The van der Waals surface area contributed by atoms with E-state index in [1.807, 2.05) is 29.2 Å². The van der Waals surface area contributed by atoms with E-state index in [0.29, 0.717) is 71.7 Å². The molecule has 0 saturated carbocycles. The van der Waals surface area contributed by atoms with Gasteiger partial charge in [-0.25, -0.2) is 0 Å². The molecule has 0 bridgehead atoms. The number of rotatable bonds is 12. The summed E-state index contributed by atoms with van der Waals surface area (Å²) < 4.78 is 2.35. The minimum Gasteiger partial charge on any atom is -0.389 e. The molecule has 1 atom stereocenters. The van der Waals surface area contributed by atoms with Crippen LogP contribution in [-0.2, 0) is 27.3 Å². The Morgan fingerprint density at radius 3 is 2.51 bits per heavy atom. The van der Waals surface area contributed by atoms with Gasteiger partial charge < -0.3 is 26.3 Å². The number of carbonyl (C=O) groups excluding carboxylic acids is 5. The van der Waals surface area contributed by atoms with Crippen LogP contribution in [0.25, 0.3) is 22.0 Å². The average Bonchev–Trinajstić information content (AvgIpc) is 3.89. The number of imide groups is 2. The second-order valence-corrected chi connectivity index (χ2v) is 16.1. The molecule has 5 aromatic rings. The van der Waals surface area contributed by atoms with Crippen molar-refractivity contribution in [2.24, 2.45) is 5.73 Å². The van der Waals surface area contributed by atoms with Crippen molar-refractivity contribution in [3.05, 3.63) is 94.7 Å². The third kappa shape index (κ3) is 7.61. The molecule has 0 aliphatic carbocycles. The van der Waals surface area contributed by atoms with Crippen molar-refractivity contribution in [3.8, 4) is 11.1 Å². The lowest BCUT2D eigenvalue weighted by molar-refractivity contribution is -0.136. The van der Waals surface area contributed by atoms with Crippen molar-refractivity contribution in [1.82, 2.24) is 29.9 Å². The Morgan fingerprint density at radius 2 is 1.75 bits per heavy atom. The highest BCUT2D eigenvalue weighted by Crippen LogP contribution is 2.37. The number of aromatic nitrogens is 3. The number of anilines is 2. The van der Waals surface area contributed by atoms with E-state index < -0.39 is 29.7 Å². The molecule has 3 aliphatic rings. The number of thiocarbonyl (C=S) groups is 1. The van der Waals surface area contributed by atoms with E-state index in [1.165, 1.54) is 11.3 Å². The smallest absolute Gasteiger partial charge is 0.262 e. The van der Waals surface area contributed by atoms with Gasteiger partial charge in [0.2, 0.25) is 28.0 Å². The Bertz CT molecular complexity index is 2450. The normalized spacial score (nSPS) is 17.3. The van der Waals surface area contributed by atoms with Crippen molar-refractivity contribution in [1.29, 1.82) is 0 Å². The van der Waals surface area contributed by atoms with Crippen molar-refractivity contribution in [2.45, 2.75) is 70.0 Å². The van der Waals surface area contributed by atoms with Gasteiger partial charge in [0.05, 0.1) is 11.1 Å². The zero-order chi connectivity index (χ0) is 39.8. The summed E-state index contributed by atoms with van der Waals surface area (Å²) in [5.41, 5.74) is 18.1. The third-order valence-corrected chi connectivity index (χ3v) is 12.0. The lowest BCUT2D eigenvalue weighted by Gasteiger charge is -2.33. The molecule has 292 valence electrons. The number of hydrogen-bond donors (Lipinski definition) is 4. The molecule has 3 aromatic carbocycles. The van der Waals surface area contributed by atoms with Crippen molar-refractivity contribution < 1.29 is 24.0 Å². The highest BCUT2D eigenvalue weighted by molar-refractivity contribution is 7.80. The van der Waals surface area contributed by atoms with Gasteiger partial charge in [0.15, 0.2) is 0 Å². The quantitative estimate of drug-likeness (QED) is 0.0755. The summed E-state index contributed by atoms with van der Waals surface area (Å²) in [6.07, 6.45) is 6.13. The molecule has 5 heterocycles. The molecule has 8 rings (SSSR count). The Balaban J connectivity index is 0.909. The number of likely N-dealkylation sites (tertiary alicyclic amines) is 1. The van der Waals surface area contributed by atoms with E-state index in [2.05, 4.69) is 55.9 Å². The topological polar surface area (TPSA) is 199 Å². The molecular weight excluding hydrogens is 763 g/mol. The number of amides is 5. The van der Waals surface area contributed by atoms with Gasteiger partial charge in [0.1, 0.15) is 11.0 Å². The summed E-state index contributed by atoms with van der Waals surface area (Å²) in [6, 6.07) is 18.7. The highest BCUT2D eigenvalue weighted by Gasteiger charge is 2.45. The first-order chi connectivity index (χ1) is 27.5. The van der Waals surface area contributed by atoms with Crippen LogP contribution in [0.3, 0.4) is 0 Å². The number of nitrogens with one attached hydrogen (secondary N) is 2. The van der Waals surface area contributed by atoms with Gasteiger partial charge in [-0.3, -0.25) is 34.2 Å². The van der Waals surface area contributed by atoms with Crippen LogP contribution in [0.2, 0.25) is 0 Å². The largest absolute Gasteiger partial charge is 0.389 e. The first-order valence-corrected chi connectivity index (χ1v) is 20.3. The Morgan fingerprint density at radius 1 is 0.947 bits per heavy atom. The fourth-order valence-electron chi connectivity index (χ4n) is 8.20. The van der Waals surface area contributed by atoms with Gasteiger partial charge in [-0.1, -0.05) is 66.0 Å². The Hall–Kier alpha value is -6.00. The van der Waals surface area contributed by atoms with Gasteiger partial charge in [-0.05, 0) is 73.4 Å². The van der Waals surface area contributed by atoms with Crippen molar-refractivity contribution >= 4 is 79.2 Å². The maximum atomic E-state index is 13.5. The average molecular weight is 804 g/mol. The fourth-order valence-corrected chi connectivity index (χ4v) is 8.83. The molecule has 1 unspecified atom stereocenters. The van der Waals surface area contributed by atoms with E-state index >= 15 is 0 Å². The number of nitrogen functional groups attached to an aromatic ring is 1. The molecule has 2 saturated heterocycles. The van der Waals surface area contributed by atoms with Crippen LogP contribution < -0.4 is 22.1 Å². The van der Waals surface area contributed by atoms with Gasteiger partial charge in [-0.15, -0.1) is 10.2 Å². The molecule has 0 spiro atoms. The van der Waals surface area contributed by atoms with Gasteiger partial charge in [0, 0.05) is 66.7 Å². The Labute approximate surface area is 337 Å². The molecule has 6 N–H and O–H groups in total. The molecule has 14 nitrogen and oxygen atoms in total. The molecule has 0 radical (unpaired) electrons. The van der Waals surface area contributed by atoms with Crippen LogP contribution in [0.5, 0.6) is 0 Å². The maximum Gasteiger partial charge on any atom is 0.262 e. The second-order valence-electron chi connectivity index (χ2n) is 14.7. The summed E-state index contributed by atoms with van der Waals surface area (Å²) in [5, 5.41) is 15.7. The molecular formula is C41H41N9O5S2. The van der Waals surface area contributed by atoms with E-state index in [9.17, 15) is 24.0 Å². The molecule has 3 aliphatic heterocycles. The van der Waals surface area contributed by atoms with Crippen molar-refractivity contribution in [3.63, 3.8) is 0 Å². The first kappa shape index (κ1) is 37.9. The number of unbranched alkanes of at least 4 members (excludes halogenated alkanes) is 1. The number of nitrogens with zero attached hydrogens (tertiary/aromatic N) is 5. The number of fused-ring (bicyclic) bond motifs is 2. The minimum atomic E-state index is -1.01. The predicted octanol–water partition coefficient (Wildman–Crippen LogP) is 4.97. The maximum absolute atomic E-state index is 13.5. The number of nitrogens with two attached hydrogens (primary N) is 2. The number of benzene rings is 3. The zero-order valence-corrected chi connectivity index (χ0v) is 32.7. The summed E-state index contributed by atoms with van der Waals surface area (Å²) in [4.78, 5) is 67.6. The lowest BCUT2D eigenvalue weighted by Crippen LogP contribution is -2.54. The summed E-state index contributed by atoms with van der Waals surface area (Å²) in [6.45, 7) is 1.82. The molecule has 16 heteroatoms. The van der Waals surface area contributed by atoms with Crippen LogP contribution in [-0.4, -0.2) is 78.2 Å². The SMILES string of the molecule is NC(=S)c1cccc(-c2cn(C3CCN(C(=O)CCCCc4cccc5c4C(=O)N(C4CCC(=O)NC4=O)C5=O)CC3)c3cc(CNc4nnc(N)s4)ccc23)c1. The Kier molecular flexibility index (Phi) is 10.5. The standard InChI is InChI=1S/C41H41N9O5S2/c42-36(56)26-8-3-7-25(20-26)30-22-49(32-19-23(11-12-28(30)32)21-44-41-47-46-40(43)57-41)27-15-17-48(18-16-27)34(52)10-2-1-5-24-6-4-9-29-35(24)39(55)50(38(29)54)31-13-14-33(51)45-37(31)53/h3-4,6-9,11-12,19-20,22,27,31H,1-2,5,10,13-18,21H2,(H2,42,56)(H2,43,46)(H,44,47)(H,45,51,53). The first-order valence-electron chi connectivity index (χ1n) is 19.0. The van der Waals surface area contributed by atoms with E-state index in [0.717, 1.165) is 50.9 Å². The molecule has 2 aromatic heterocycles. The zero-order valence-electron chi connectivity index (χ0n) is 31.0. The lowest BCUT2D eigenvalue weighted by atomic mass is 9.97. The van der Waals surface area contributed by atoms with Crippen LogP contribution in [0.4, 0.5) is 10.3 Å². The van der Waals surface area contributed by atoms with Crippen LogP contribution in [0, 0.1) is 0 Å². The van der Waals surface area contributed by atoms with Gasteiger partial charge >= 0.3 is 0 Å². The number of aryl methyl sites for hydroxylation is 1. The minimum absolute atomic E-state index is 0.0653. The predicted molar refractivity (Wildman–Crippen MR) is 220 cm³/mol. The number of hydrogen-bond acceptors (Lipinski definition) is 11. The second kappa shape index (κ2) is 15.9. The third-order valence-electron chi connectivity index (χ3n) is 11.1. The number of piperidine rings is 2. The van der Waals surface area contributed by atoms with Gasteiger partial charge in [0.25, 0.3) is 11.8 Å². The van der Waals surface area contributed by atoms with Gasteiger partial charge in [-0.2, -0.15) is 0 Å². The highest BCUT2D eigenvalue weighted by atomic mass is 32.1. The fraction of sp³-hybridized carbons (Fsp3) is 0.317. The number of carbonyl (C=O) groups is 5. The molecule has 57 heavy (non-hydrogen) atoms. The monoisotopic (exact) mass is 803 g/mol. The summed E-state index contributed by atoms with van der Waals surface area (Å²) in [7, 11) is 0. The van der Waals surface area contributed by atoms with Crippen LogP contribution in [0.1, 0.15) is 88.4 Å². The molecule has 2 fully saturated rings. The van der Waals surface area contributed by atoms with Crippen molar-refractivity contribution in [2.75, 3.05) is 24.1 Å². The molecule has 5 amide bonds. The summed E-state index contributed by atoms with van der Waals surface area (Å²) in [5.74, 6) is -1.98. The summed E-state index contributed by atoms with van der Waals surface area (Å²) >= 11 is 6.58. The van der Waals surface area contributed by atoms with Crippen LogP contribution in [0.15, 0.2) is 66.9 Å². The van der Waals surface area contributed by atoms with Crippen LogP contribution >= 0.6 is 23.6 Å².